The van der Waals surface area contributed by atoms with Crippen LogP contribution in [0.1, 0.15) is 53.9 Å². The van der Waals surface area contributed by atoms with E-state index in [1.165, 1.54) is 33.4 Å². The van der Waals surface area contributed by atoms with Crippen molar-refractivity contribution in [3.05, 3.63) is 101 Å². The molecule has 1 amide bonds. The lowest BCUT2D eigenvalue weighted by atomic mass is 9.83. The van der Waals surface area contributed by atoms with Crippen molar-refractivity contribution in [2.45, 2.75) is 50.3 Å². The fourth-order valence-corrected chi connectivity index (χ4v) is 6.02. The van der Waals surface area contributed by atoms with Crippen LogP contribution >= 0.6 is 0 Å². The third-order valence-electron chi connectivity index (χ3n) is 7.69. The number of hydrogen-bond acceptors (Lipinski definition) is 3. The Balaban J connectivity index is 1.20. The van der Waals surface area contributed by atoms with Crippen LogP contribution in [0.25, 0.3) is 16.7 Å². The molecular weight excluding hydrogens is 422 g/mol. The van der Waals surface area contributed by atoms with Crippen molar-refractivity contribution in [1.82, 2.24) is 4.90 Å². The van der Waals surface area contributed by atoms with Crippen molar-refractivity contribution in [2.75, 3.05) is 6.61 Å². The van der Waals surface area contributed by atoms with Gasteiger partial charge in [-0.1, -0.05) is 78.9 Å². The minimum Gasteiger partial charge on any atom is -0.448 e. The first-order valence-corrected chi connectivity index (χ1v) is 12.3. The monoisotopic (exact) mass is 451 g/mol. The van der Waals surface area contributed by atoms with Crippen LogP contribution in [-0.4, -0.2) is 34.8 Å². The molecule has 1 fully saturated rings. The molecule has 1 saturated heterocycles. The first kappa shape index (κ1) is 21.2. The summed E-state index contributed by atoms with van der Waals surface area (Å²) in [5, 5.41) is 9.33. The molecule has 4 nitrogen and oxygen atoms in total. The third-order valence-corrected chi connectivity index (χ3v) is 7.69. The van der Waals surface area contributed by atoms with Gasteiger partial charge in [0.25, 0.3) is 0 Å². The molecule has 0 saturated carbocycles. The number of aliphatic hydroxyl groups excluding tert-OH is 1. The lowest BCUT2D eigenvalue weighted by Crippen LogP contribution is -2.51. The number of amides is 1. The van der Waals surface area contributed by atoms with Gasteiger partial charge >= 0.3 is 6.09 Å². The van der Waals surface area contributed by atoms with Crippen LogP contribution < -0.4 is 0 Å². The van der Waals surface area contributed by atoms with E-state index in [4.69, 9.17) is 4.74 Å². The first-order valence-electron chi connectivity index (χ1n) is 12.3. The normalized spacial score (nSPS) is 21.0. The number of rotatable bonds is 4. The zero-order valence-electron chi connectivity index (χ0n) is 19.2. The van der Waals surface area contributed by atoms with Crippen LogP contribution in [0.5, 0.6) is 0 Å². The summed E-state index contributed by atoms with van der Waals surface area (Å²) in [6.07, 6.45) is 6.02. The third kappa shape index (κ3) is 3.63. The lowest BCUT2D eigenvalue weighted by Gasteiger charge is -2.44. The van der Waals surface area contributed by atoms with Gasteiger partial charge in [0.05, 0.1) is 12.6 Å². The van der Waals surface area contributed by atoms with Crippen molar-refractivity contribution in [3.63, 3.8) is 0 Å². The molecule has 0 radical (unpaired) electrons. The number of hydrogen-bond donors (Lipinski definition) is 1. The van der Waals surface area contributed by atoms with Crippen LogP contribution in [0.2, 0.25) is 0 Å². The zero-order valence-corrected chi connectivity index (χ0v) is 19.2. The van der Waals surface area contributed by atoms with Gasteiger partial charge in [0, 0.05) is 12.0 Å². The Labute approximate surface area is 200 Å². The summed E-state index contributed by atoms with van der Waals surface area (Å²) in [7, 11) is 0. The number of piperidine rings is 1. The van der Waals surface area contributed by atoms with E-state index in [0.29, 0.717) is 6.61 Å². The van der Waals surface area contributed by atoms with Crippen LogP contribution in [0.15, 0.2) is 78.9 Å². The number of benzene rings is 3. The maximum atomic E-state index is 13.4. The number of aliphatic hydroxyl groups is 1. The molecule has 2 atom stereocenters. The van der Waals surface area contributed by atoms with Gasteiger partial charge < -0.3 is 9.84 Å². The number of carbonyl (C=O) groups is 1. The van der Waals surface area contributed by atoms with Gasteiger partial charge in [0.1, 0.15) is 6.61 Å². The topological polar surface area (TPSA) is 49.8 Å². The molecule has 0 spiro atoms. The molecule has 34 heavy (non-hydrogen) atoms. The minimum atomic E-state index is -0.192. The number of fused-ring (bicyclic) bond motifs is 5. The zero-order chi connectivity index (χ0) is 23.1. The van der Waals surface area contributed by atoms with Gasteiger partial charge in [0.2, 0.25) is 0 Å². The highest BCUT2D eigenvalue weighted by Gasteiger charge is 2.39. The molecule has 3 aromatic rings. The fraction of sp³-hybridized carbons (Fsp3) is 0.300. The van der Waals surface area contributed by atoms with Crippen molar-refractivity contribution >= 4 is 11.7 Å². The van der Waals surface area contributed by atoms with Crippen molar-refractivity contribution in [3.8, 4) is 11.1 Å². The van der Waals surface area contributed by atoms with Crippen LogP contribution in [0, 0.1) is 0 Å². The predicted molar refractivity (Wildman–Crippen MR) is 133 cm³/mol. The quantitative estimate of drug-likeness (QED) is 0.518. The second-order valence-corrected chi connectivity index (χ2v) is 9.61. The Morgan fingerprint density at radius 1 is 0.912 bits per heavy atom. The Bertz CT molecular complexity index is 1200. The SMILES string of the molecule is O=C(OCC1c2ccccc2-c2ccccc21)N1C2C=C(c3ccc(CO)cc3)CC1CCC2. The van der Waals surface area contributed by atoms with Crippen LogP contribution in [-0.2, 0) is 11.3 Å². The number of nitrogens with zero attached hydrogens (tertiary/aromatic N) is 1. The molecule has 2 unspecified atom stereocenters. The molecule has 172 valence electrons. The average molecular weight is 452 g/mol. The number of carbonyl (C=O) groups excluding carboxylic acids is 1. The van der Waals surface area contributed by atoms with Crippen molar-refractivity contribution in [1.29, 1.82) is 0 Å². The van der Waals surface area contributed by atoms with Crippen molar-refractivity contribution in [2.24, 2.45) is 0 Å². The highest BCUT2D eigenvalue weighted by molar-refractivity contribution is 5.79. The Morgan fingerprint density at radius 3 is 2.24 bits per heavy atom. The maximum absolute atomic E-state index is 13.4. The summed E-state index contributed by atoms with van der Waals surface area (Å²) >= 11 is 0. The minimum absolute atomic E-state index is 0.0557. The van der Waals surface area contributed by atoms with E-state index in [0.717, 1.165) is 31.2 Å². The Hall–Kier alpha value is -3.37. The molecule has 3 aromatic carbocycles. The average Bonchev–Trinajstić information content (AvgIpc) is 3.20. The molecule has 3 aliphatic rings. The Morgan fingerprint density at radius 2 is 1.59 bits per heavy atom. The molecule has 1 N–H and O–H groups in total. The largest absolute Gasteiger partial charge is 0.448 e. The summed E-state index contributed by atoms with van der Waals surface area (Å²) < 4.78 is 6.02. The van der Waals surface area contributed by atoms with E-state index in [1.54, 1.807) is 0 Å². The second-order valence-electron chi connectivity index (χ2n) is 9.61. The molecule has 1 aliphatic carbocycles. The Kier molecular flexibility index (Phi) is 5.46. The van der Waals surface area contributed by atoms with Gasteiger partial charge in [-0.3, -0.25) is 4.90 Å². The van der Waals surface area contributed by atoms with Crippen LogP contribution in [0.4, 0.5) is 4.79 Å². The lowest BCUT2D eigenvalue weighted by molar-refractivity contribution is 0.0539. The van der Waals surface area contributed by atoms with E-state index in [-0.39, 0.29) is 30.7 Å². The van der Waals surface area contributed by atoms with E-state index < -0.39 is 0 Å². The molecular formula is C30H29NO3. The van der Waals surface area contributed by atoms with Gasteiger partial charge in [-0.25, -0.2) is 4.79 Å². The molecule has 0 aromatic heterocycles. The highest BCUT2D eigenvalue weighted by Crippen LogP contribution is 2.45. The summed E-state index contributed by atoms with van der Waals surface area (Å²) in [4.78, 5) is 15.4. The van der Waals surface area contributed by atoms with Gasteiger partial charge in [-0.2, -0.15) is 0 Å². The standard InChI is InChI=1S/C30H29NO3/c32-18-20-12-14-21(15-13-20)22-16-23-6-5-7-24(17-22)31(23)30(33)34-19-29-27-10-3-1-8-25(27)26-9-2-4-11-28(26)29/h1-4,8-16,23-24,29,32H,5-7,17-19H2. The molecule has 4 heteroatoms. The maximum Gasteiger partial charge on any atom is 0.410 e. The number of ether oxygens (including phenoxy) is 1. The fourth-order valence-electron chi connectivity index (χ4n) is 6.02. The molecule has 2 bridgehead atoms. The van der Waals surface area contributed by atoms with E-state index >= 15 is 0 Å². The van der Waals surface area contributed by atoms with Gasteiger partial charge in [0.15, 0.2) is 0 Å². The molecule has 6 rings (SSSR count). The van der Waals surface area contributed by atoms with E-state index in [9.17, 15) is 9.90 Å². The molecule has 2 aliphatic heterocycles. The second kappa shape index (κ2) is 8.77. The van der Waals surface area contributed by atoms with Crippen molar-refractivity contribution < 1.29 is 14.6 Å². The van der Waals surface area contributed by atoms with Gasteiger partial charge in [-0.15, -0.1) is 0 Å². The first-order chi connectivity index (χ1) is 16.7. The predicted octanol–water partition coefficient (Wildman–Crippen LogP) is 6.14. The smallest absolute Gasteiger partial charge is 0.410 e. The van der Waals surface area contributed by atoms with E-state index in [2.05, 4.69) is 66.7 Å². The summed E-state index contributed by atoms with van der Waals surface area (Å²) in [6, 6.07) is 25.3. The van der Waals surface area contributed by atoms with E-state index in [1.807, 2.05) is 17.0 Å². The summed E-state index contributed by atoms with van der Waals surface area (Å²) in [5.41, 5.74) is 8.36. The summed E-state index contributed by atoms with van der Waals surface area (Å²) in [6.45, 7) is 0.419. The highest BCUT2D eigenvalue weighted by atomic mass is 16.6. The summed E-state index contributed by atoms with van der Waals surface area (Å²) in [5.74, 6) is 0.0807. The molecule has 2 heterocycles. The van der Waals surface area contributed by atoms with Gasteiger partial charge in [-0.05, 0) is 64.6 Å². The van der Waals surface area contributed by atoms with Crippen LogP contribution in [0.3, 0.4) is 0 Å².